The van der Waals surface area contributed by atoms with Crippen molar-refractivity contribution >= 4 is 17.8 Å². The average molecular weight is 289 g/mol. The number of carbonyl (C=O) groups is 3. The molecule has 1 aromatic rings. The van der Waals surface area contributed by atoms with E-state index in [1.165, 1.54) is 0 Å². The zero-order valence-electron chi connectivity index (χ0n) is 12.5. The number of esters is 1. The number of benzene rings is 1. The van der Waals surface area contributed by atoms with Crippen LogP contribution in [-0.4, -0.2) is 34.8 Å². The molecule has 0 aromatic heterocycles. The molecule has 1 saturated heterocycles. The minimum Gasteiger partial charge on any atom is -0.461 e. The summed E-state index contributed by atoms with van der Waals surface area (Å²) < 4.78 is 5.14. The lowest BCUT2D eigenvalue weighted by Crippen LogP contribution is -2.44. The van der Waals surface area contributed by atoms with Gasteiger partial charge in [-0.1, -0.05) is 18.2 Å². The van der Waals surface area contributed by atoms with Crippen molar-refractivity contribution in [3.63, 3.8) is 0 Å². The van der Waals surface area contributed by atoms with Crippen LogP contribution in [0.15, 0.2) is 24.3 Å². The lowest BCUT2D eigenvalue weighted by molar-refractivity contribution is -0.153. The van der Waals surface area contributed by atoms with Gasteiger partial charge in [-0.2, -0.15) is 0 Å². The van der Waals surface area contributed by atoms with E-state index in [1.54, 1.807) is 39.0 Å². The summed E-state index contributed by atoms with van der Waals surface area (Å²) in [5.41, 5.74) is 1.22. The summed E-state index contributed by atoms with van der Waals surface area (Å²) >= 11 is 0. The molecule has 21 heavy (non-hydrogen) atoms. The molecule has 5 nitrogen and oxygen atoms in total. The number of aryl methyl sites for hydroxylation is 1. The molecule has 0 aliphatic carbocycles. The predicted molar refractivity (Wildman–Crippen MR) is 76.6 cm³/mol. The van der Waals surface area contributed by atoms with Crippen LogP contribution in [0.3, 0.4) is 0 Å². The molecule has 0 radical (unpaired) electrons. The molecule has 112 valence electrons. The van der Waals surface area contributed by atoms with Crippen LogP contribution in [0.5, 0.6) is 0 Å². The van der Waals surface area contributed by atoms with Crippen molar-refractivity contribution in [3.05, 3.63) is 35.4 Å². The molecular weight excluding hydrogens is 270 g/mol. The highest BCUT2D eigenvalue weighted by molar-refractivity contribution is 6.09. The van der Waals surface area contributed by atoms with Crippen LogP contribution >= 0.6 is 0 Å². The van der Waals surface area contributed by atoms with Crippen LogP contribution < -0.4 is 0 Å². The molecule has 1 fully saturated rings. The third-order valence-electron chi connectivity index (χ3n) is 3.43. The minimum absolute atomic E-state index is 0.190. The fraction of sp³-hybridized carbons (Fsp3) is 0.438. The first-order chi connectivity index (χ1) is 9.91. The Bertz CT molecular complexity index is 579. The van der Waals surface area contributed by atoms with Gasteiger partial charge in [-0.05, 0) is 38.8 Å². The van der Waals surface area contributed by atoms with Gasteiger partial charge in [-0.3, -0.25) is 14.5 Å². The maximum absolute atomic E-state index is 12.6. The number of likely N-dealkylation sites (tertiary alicyclic amines) is 1. The number of rotatable bonds is 3. The summed E-state index contributed by atoms with van der Waals surface area (Å²) in [4.78, 5) is 37.7. The number of hydrogen-bond acceptors (Lipinski definition) is 4. The molecular formula is C16H19NO4. The minimum atomic E-state index is -0.813. The van der Waals surface area contributed by atoms with E-state index in [2.05, 4.69) is 0 Å². The van der Waals surface area contributed by atoms with Crippen LogP contribution in [0.4, 0.5) is 0 Å². The van der Waals surface area contributed by atoms with E-state index in [-0.39, 0.29) is 18.4 Å². The Morgan fingerprint density at radius 2 is 1.95 bits per heavy atom. The van der Waals surface area contributed by atoms with Crippen molar-refractivity contribution in [2.24, 2.45) is 0 Å². The lowest BCUT2D eigenvalue weighted by atomic mass is 10.1. The molecule has 0 unspecified atom stereocenters. The van der Waals surface area contributed by atoms with Crippen LogP contribution in [-0.2, 0) is 14.3 Å². The number of hydrogen-bond donors (Lipinski definition) is 0. The molecule has 1 aliphatic heterocycles. The molecule has 0 bridgehead atoms. The van der Waals surface area contributed by atoms with Gasteiger partial charge in [0.1, 0.15) is 6.04 Å². The Kier molecular flexibility index (Phi) is 4.40. The van der Waals surface area contributed by atoms with Crippen molar-refractivity contribution < 1.29 is 19.1 Å². The Morgan fingerprint density at radius 1 is 1.29 bits per heavy atom. The number of carbonyl (C=O) groups excluding carboxylic acids is 3. The molecule has 1 aromatic carbocycles. The molecule has 2 rings (SSSR count). The Labute approximate surface area is 123 Å². The summed E-state index contributed by atoms with van der Waals surface area (Å²) in [5, 5.41) is 0. The smallest absolute Gasteiger partial charge is 0.329 e. The van der Waals surface area contributed by atoms with Crippen molar-refractivity contribution in [3.8, 4) is 0 Å². The van der Waals surface area contributed by atoms with Gasteiger partial charge in [0.25, 0.3) is 5.91 Å². The van der Waals surface area contributed by atoms with Crippen LogP contribution in [0.25, 0.3) is 0 Å². The fourth-order valence-electron chi connectivity index (χ4n) is 2.42. The topological polar surface area (TPSA) is 63.7 Å². The highest BCUT2D eigenvalue weighted by atomic mass is 16.5. The number of nitrogens with zero attached hydrogens (tertiary/aromatic N) is 1. The molecule has 0 N–H and O–H groups in total. The van der Waals surface area contributed by atoms with E-state index >= 15 is 0 Å². The van der Waals surface area contributed by atoms with Crippen molar-refractivity contribution in [2.45, 2.75) is 45.8 Å². The third kappa shape index (κ3) is 3.12. The van der Waals surface area contributed by atoms with Crippen LogP contribution in [0.2, 0.25) is 0 Å². The molecule has 0 saturated carbocycles. The second-order valence-corrected chi connectivity index (χ2v) is 5.42. The molecule has 5 heteroatoms. The largest absolute Gasteiger partial charge is 0.461 e. The first kappa shape index (κ1) is 15.2. The van der Waals surface area contributed by atoms with E-state index in [0.29, 0.717) is 12.0 Å². The fourth-order valence-corrected chi connectivity index (χ4v) is 2.42. The van der Waals surface area contributed by atoms with Crippen molar-refractivity contribution in [2.75, 3.05) is 0 Å². The van der Waals surface area contributed by atoms with E-state index in [9.17, 15) is 14.4 Å². The predicted octanol–water partition coefficient (Wildman–Crippen LogP) is 2.08. The molecule has 1 aliphatic rings. The zero-order valence-corrected chi connectivity index (χ0v) is 12.5. The SMILES string of the molecule is Cc1ccccc1C(=O)N1C(=O)CC[C@H]1C(=O)OC(C)C. The van der Waals surface area contributed by atoms with Crippen LogP contribution in [0, 0.1) is 6.92 Å². The van der Waals surface area contributed by atoms with E-state index in [1.807, 2.05) is 6.07 Å². The van der Waals surface area contributed by atoms with Gasteiger partial charge < -0.3 is 4.74 Å². The summed E-state index contributed by atoms with van der Waals surface area (Å²) in [6, 6.07) is 6.21. The first-order valence-electron chi connectivity index (χ1n) is 7.04. The Hall–Kier alpha value is -2.17. The maximum atomic E-state index is 12.6. The van der Waals surface area contributed by atoms with Crippen molar-refractivity contribution in [1.82, 2.24) is 4.90 Å². The second kappa shape index (κ2) is 6.08. The quantitative estimate of drug-likeness (QED) is 0.631. The Balaban J connectivity index is 2.27. The number of ether oxygens (including phenoxy) is 1. The first-order valence-corrected chi connectivity index (χ1v) is 7.04. The van der Waals surface area contributed by atoms with Gasteiger partial charge in [0.2, 0.25) is 5.91 Å². The van der Waals surface area contributed by atoms with Gasteiger partial charge in [-0.25, -0.2) is 4.79 Å². The average Bonchev–Trinajstić information content (AvgIpc) is 2.80. The van der Waals surface area contributed by atoms with Crippen LogP contribution in [0.1, 0.15) is 42.6 Å². The molecule has 0 spiro atoms. The van der Waals surface area contributed by atoms with Crippen molar-refractivity contribution in [1.29, 1.82) is 0 Å². The van der Waals surface area contributed by atoms with Gasteiger partial charge in [0.05, 0.1) is 6.10 Å². The normalized spacial score (nSPS) is 18.2. The number of imide groups is 1. The third-order valence-corrected chi connectivity index (χ3v) is 3.43. The molecule has 2 amide bonds. The maximum Gasteiger partial charge on any atom is 0.329 e. The monoisotopic (exact) mass is 289 g/mol. The van der Waals surface area contributed by atoms with E-state index < -0.39 is 17.9 Å². The highest BCUT2D eigenvalue weighted by Gasteiger charge is 2.42. The summed E-state index contributed by atoms with van der Waals surface area (Å²) in [6.07, 6.45) is 0.237. The van der Waals surface area contributed by atoms with E-state index in [0.717, 1.165) is 10.5 Å². The van der Waals surface area contributed by atoms with E-state index in [4.69, 9.17) is 4.74 Å². The summed E-state index contributed by atoms with van der Waals surface area (Å²) in [7, 11) is 0. The van der Waals surface area contributed by atoms with Gasteiger partial charge in [0, 0.05) is 12.0 Å². The zero-order chi connectivity index (χ0) is 15.6. The summed E-state index contributed by atoms with van der Waals surface area (Å²) in [6.45, 7) is 5.28. The molecule has 1 heterocycles. The van der Waals surface area contributed by atoms with Gasteiger partial charge in [0.15, 0.2) is 0 Å². The number of amides is 2. The Morgan fingerprint density at radius 3 is 2.57 bits per heavy atom. The summed E-state index contributed by atoms with van der Waals surface area (Å²) in [5.74, 6) is -1.27. The highest BCUT2D eigenvalue weighted by Crippen LogP contribution is 2.24. The van der Waals surface area contributed by atoms with Gasteiger partial charge in [-0.15, -0.1) is 0 Å². The lowest BCUT2D eigenvalue weighted by Gasteiger charge is -2.23. The molecule has 1 atom stereocenters. The standard InChI is InChI=1S/C16H19NO4/c1-10(2)21-16(20)13-8-9-14(18)17(13)15(19)12-7-5-4-6-11(12)3/h4-7,10,13H,8-9H2,1-3H3/t13-/m0/s1. The van der Waals surface area contributed by atoms with Gasteiger partial charge >= 0.3 is 5.97 Å². The second-order valence-electron chi connectivity index (χ2n) is 5.42.